The van der Waals surface area contributed by atoms with Gasteiger partial charge in [0, 0.05) is 5.38 Å². The fourth-order valence-corrected chi connectivity index (χ4v) is 4.34. The van der Waals surface area contributed by atoms with Crippen molar-refractivity contribution in [3.63, 3.8) is 0 Å². The average molecular weight is 307 g/mol. The van der Waals surface area contributed by atoms with Gasteiger partial charge in [-0.3, -0.25) is 9.69 Å². The summed E-state index contributed by atoms with van der Waals surface area (Å²) >= 11 is 1.54. The molecule has 1 aromatic heterocycles. The van der Waals surface area contributed by atoms with Crippen molar-refractivity contribution in [2.24, 2.45) is 11.8 Å². The number of carbonyl (C=O) groups excluding carboxylic acids is 2. The Morgan fingerprint density at radius 2 is 2.05 bits per heavy atom. The predicted octanol–water partition coefficient (Wildman–Crippen LogP) is 2.70. The van der Waals surface area contributed by atoms with Crippen molar-refractivity contribution in [3.8, 4) is 0 Å². The molecule has 1 saturated carbocycles. The van der Waals surface area contributed by atoms with Crippen LogP contribution in [0.4, 0.5) is 4.79 Å². The minimum Gasteiger partial charge on any atom is -0.323 e. The zero-order valence-electron chi connectivity index (χ0n) is 12.7. The lowest BCUT2D eigenvalue weighted by molar-refractivity contribution is -0.137. The molecule has 0 bridgehead atoms. The summed E-state index contributed by atoms with van der Waals surface area (Å²) in [5, 5.41) is 5.87. The van der Waals surface area contributed by atoms with E-state index in [4.69, 9.17) is 0 Å². The van der Waals surface area contributed by atoms with Crippen LogP contribution in [0.5, 0.6) is 0 Å². The largest absolute Gasteiger partial charge is 0.325 e. The van der Waals surface area contributed by atoms with E-state index in [9.17, 15) is 9.59 Å². The number of hydrogen-bond acceptors (Lipinski definition) is 4. The minimum atomic E-state index is -0.708. The van der Waals surface area contributed by atoms with Crippen molar-refractivity contribution in [3.05, 3.63) is 16.1 Å². The molecular formula is C15H21N3O2S. The molecule has 1 aromatic rings. The molecular weight excluding hydrogens is 286 g/mol. The van der Waals surface area contributed by atoms with Crippen LogP contribution in [0.15, 0.2) is 5.38 Å². The molecule has 6 heteroatoms. The molecule has 1 N–H and O–H groups in total. The number of thiazole rings is 1. The van der Waals surface area contributed by atoms with Crippen LogP contribution in [0, 0.1) is 18.8 Å². The van der Waals surface area contributed by atoms with Gasteiger partial charge in [-0.2, -0.15) is 0 Å². The van der Waals surface area contributed by atoms with Gasteiger partial charge in [-0.15, -0.1) is 11.3 Å². The second kappa shape index (κ2) is 5.09. The van der Waals surface area contributed by atoms with E-state index in [1.807, 2.05) is 12.3 Å². The molecule has 3 rings (SSSR count). The highest BCUT2D eigenvalue weighted by molar-refractivity contribution is 7.09. The van der Waals surface area contributed by atoms with Gasteiger partial charge < -0.3 is 5.32 Å². The van der Waals surface area contributed by atoms with Crippen molar-refractivity contribution in [1.82, 2.24) is 15.2 Å². The molecule has 0 aromatic carbocycles. The monoisotopic (exact) mass is 307 g/mol. The molecule has 2 aliphatic rings. The first-order chi connectivity index (χ1) is 9.95. The van der Waals surface area contributed by atoms with Crippen LogP contribution in [0.2, 0.25) is 0 Å². The minimum absolute atomic E-state index is 0.0714. The molecule has 1 aliphatic carbocycles. The van der Waals surface area contributed by atoms with Crippen molar-refractivity contribution < 1.29 is 9.59 Å². The maximum atomic E-state index is 12.9. The molecule has 1 spiro atoms. The van der Waals surface area contributed by atoms with Crippen LogP contribution in [0.3, 0.4) is 0 Å². The third-order valence-corrected chi connectivity index (χ3v) is 5.80. The van der Waals surface area contributed by atoms with E-state index in [1.54, 1.807) is 0 Å². The Balaban J connectivity index is 1.87. The number of carbonyl (C=O) groups is 2. The van der Waals surface area contributed by atoms with Crippen molar-refractivity contribution in [2.45, 2.75) is 52.1 Å². The normalized spacial score (nSPS) is 28.2. The second-order valence-corrected chi connectivity index (χ2v) is 7.34. The number of aromatic nitrogens is 1. The second-order valence-electron chi connectivity index (χ2n) is 6.28. The van der Waals surface area contributed by atoms with Gasteiger partial charge in [0.25, 0.3) is 5.91 Å². The summed E-state index contributed by atoms with van der Waals surface area (Å²) in [6, 6.07) is -0.272. The van der Waals surface area contributed by atoms with Crippen molar-refractivity contribution >= 4 is 23.3 Å². The summed E-state index contributed by atoms with van der Waals surface area (Å²) in [6.07, 6.45) is 3.10. The van der Waals surface area contributed by atoms with E-state index in [-0.39, 0.29) is 30.3 Å². The van der Waals surface area contributed by atoms with Crippen LogP contribution in [-0.2, 0) is 11.3 Å². The summed E-state index contributed by atoms with van der Waals surface area (Å²) in [5.41, 5.74) is 0.0783. The lowest BCUT2D eigenvalue weighted by Crippen LogP contribution is -2.58. The molecule has 2 atom stereocenters. The number of nitrogens with zero attached hydrogens (tertiary/aromatic N) is 2. The molecule has 2 heterocycles. The van der Waals surface area contributed by atoms with Gasteiger partial charge in [-0.05, 0) is 31.6 Å². The van der Waals surface area contributed by atoms with Gasteiger partial charge in [-0.25, -0.2) is 9.78 Å². The van der Waals surface area contributed by atoms with Crippen LogP contribution >= 0.6 is 11.3 Å². The number of rotatable bonds is 2. The quantitative estimate of drug-likeness (QED) is 0.855. The Hall–Kier alpha value is -1.43. The van der Waals surface area contributed by atoms with E-state index < -0.39 is 5.54 Å². The van der Waals surface area contributed by atoms with E-state index >= 15 is 0 Å². The average Bonchev–Trinajstić information content (AvgIpc) is 2.94. The smallest absolute Gasteiger partial charge is 0.323 e. The van der Waals surface area contributed by atoms with Gasteiger partial charge in [-0.1, -0.05) is 20.3 Å². The summed E-state index contributed by atoms with van der Waals surface area (Å²) in [4.78, 5) is 31.0. The first-order valence-corrected chi connectivity index (χ1v) is 8.38. The van der Waals surface area contributed by atoms with E-state index in [2.05, 4.69) is 24.1 Å². The number of urea groups is 1. The first-order valence-electron chi connectivity index (χ1n) is 7.50. The highest BCUT2D eigenvalue weighted by atomic mass is 32.1. The Kier molecular flexibility index (Phi) is 3.51. The number of aryl methyl sites for hydroxylation is 1. The van der Waals surface area contributed by atoms with Gasteiger partial charge in [0.05, 0.1) is 17.2 Å². The SMILES string of the molecule is Cc1nc(CN2C(=O)NC3(C2=O)[C@H](C)CCC[C@H]3C)cs1. The summed E-state index contributed by atoms with van der Waals surface area (Å²) < 4.78 is 0. The summed E-state index contributed by atoms with van der Waals surface area (Å²) in [7, 11) is 0. The van der Waals surface area contributed by atoms with Crippen LogP contribution in [0.1, 0.15) is 43.8 Å². The van der Waals surface area contributed by atoms with Gasteiger partial charge >= 0.3 is 6.03 Å². The Bertz CT molecular complexity index is 573. The number of nitrogens with one attached hydrogen (secondary N) is 1. The topological polar surface area (TPSA) is 62.3 Å². The molecule has 5 nitrogen and oxygen atoms in total. The zero-order chi connectivity index (χ0) is 15.2. The fraction of sp³-hybridized carbons (Fsp3) is 0.667. The van der Waals surface area contributed by atoms with Crippen LogP contribution in [-0.4, -0.2) is 27.4 Å². The third-order valence-electron chi connectivity index (χ3n) is 4.97. The number of imide groups is 1. The van der Waals surface area contributed by atoms with Gasteiger partial charge in [0.2, 0.25) is 0 Å². The molecule has 114 valence electrons. The molecule has 1 aliphatic heterocycles. The van der Waals surface area contributed by atoms with Crippen molar-refractivity contribution in [1.29, 1.82) is 0 Å². The van der Waals surface area contributed by atoms with E-state index in [0.717, 1.165) is 30.0 Å². The van der Waals surface area contributed by atoms with Gasteiger partial charge in [0.1, 0.15) is 5.54 Å². The number of hydrogen-bond donors (Lipinski definition) is 1. The summed E-state index contributed by atoms with van der Waals surface area (Å²) in [6.45, 7) is 6.34. The summed E-state index contributed by atoms with van der Waals surface area (Å²) in [5.74, 6) is 0.289. The predicted molar refractivity (Wildman–Crippen MR) is 80.8 cm³/mol. The highest BCUT2D eigenvalue weighted by Crippen LogP contribution is 2.42. The Morgan fingerprint density at radius 1 is 1.38 bits per heavy atom. The number of amides is 3. The maximum Gasteiger partial charge on any atom is 0.325 e. The first kappa shape index (κ1) is 14.5. The standard InChI is InChI=1S/C15H21N3O2S/c1-9-5-4-6-10(2)15(9)13(19)18(14(20)17-15)7-12-8-21-11(3)16-12/h8-10H,4-7H2,1-3H3,(H,17,20)/t9-,10-/m1/s1. The Morgan fingerprint density at radius 3 is 2.62 bits per heavy atom. The molecule has 0 radical (unpaired) electrons. The maximum absolute atomic E-state index is 12.9. The fourth-order valence-electron chi connectivity index (χ4n) is 3.74. The van der Waals surface area contributed by atoms with Gasteiger partial charge in [0.15, 0.2) is 0 Å². The van der Waals surface area contributed by atoms with Crippen LogP contribution < -0.4 is 5.32 Å². The van der Waals surface area contributed by atoms with Crippen molar-refractivity contribution in [2.75, 3.05) is 0 Å². The molecule has 2 fully saturated rings. The molecule has 0 unspecified atom stereocenters. The molecule has 1 saturated heterocycles. The molecule has 21 heavy (non-hydrogen) atoms. The lowest BCUT2D eigenvalue weighted by Gasteiger charge is -2.42. The Labute approximate surface area is 128 Å². The van der Waals surface area contributed by atoms with E-state index in [0.29, 0.717) is 0 Å². The zero-order valence-corrected chi connectivity index (χ0v) is 13.5. The van der Waals surface area contributed by atoms with Crippen LogP contribution in [0.25, 0.3) is 0 Å². The highest BCUT2D eigenvalue weighted by Gasteiger charge is 2.58. The van der Waals surface area contributed by atoms with E-state index in [1.165, 1.54) is 16.2 Å². The molecule has 3 amide bonds. The third kappa shape index (κ3) is 2.16. The lowest BCUT2D eigenvalue weighted by atomic mass is 9.67.